The molecule has 0 N–H and O–H groups in total. The number of ether oxygens (including phenoxy) is 1. The number of hydrogen-bond acceptors (Lipinski definition) is 5. The van der Waals surface area contributed by atoms with Crippen molar-refractivity contribution in [2.24, 2.45) is 14.1 Å². The molecule has 7 nitrogen and oxygen atoms in total. The first-order valence-electron chi connectivity index (χ1n) is 8.98. The normalized spacial score (nSPS) is 15.2. The third-order valence-corrected chi connectivity index (χ3v) is 4.83. The molecule has 3 rings (SSSR count). The summed E-state index contributed by atoms with van der Waals surface area (Å²) in [5, 5.41) is 0. The Balaban J connectivity index is 1.47. The fraction of sp³-hybridized carbons (Fsp3) is 0.474. The van der Waals surface area contributed by atoms with Crippen LogP contribution in [0.4, 0.5) is 5.82 Å². The maximum Gasteiger partial charge on any atom is 0.332 e. The maximum atomic E-state index is 12.1. The zero-order valence-electron chi connectivity index (χ0n) is 15.4. The van der Waals surface area contributed by atoms with E-state index in [4.69, 9.17) is 4.74 Å². The third-order valence-electron chi connectivity index (χ3n) is 4.83. The molecule has 26 heavy (non-hydrogen) atoms. The van der Waals surface area contributed by atoms with Crippen LogP contribution in [0.25, 0.3) is 0 Å². The van der Waals surface area contributed by atoms with Crippen molar-refractivity contribution in [3.8, 4) is 5.75 Å². The van der Waals surface area contributed by atoms with Gasteiger partial charge in [0.25, 0.3) is 5.56 Å². The Hall–Kier alpha value is -2.54. The molecule has 0 aliphatic carbocycles. The van der Waals surface area contributed by atoms with Gasteiger partial charge in [-0.25, -0.2) is 4.79 Å². The number of rotatable bonds is 6. The highest BCUT2D eigenvalue weighted by atomic mass is 16.5. The monoisotopic (exact) mass is 358 g/mol. The van der Waals surface area contributed by atoms with E-state index in [2.05, 4.69) is 9.80 Å². The van der Waals surface area contributed by atoms with Crippen LogP contribution in [0.2, 0.25) is 0 Å². The summed E-state index contributed by atoms with van der Waals surface area (Å²) in [6.07, 6.45) is 0.971. The summed E-state index contributed by atoms with van der Waals surface area (Å²) in [5.74, 6) is 1.61. The first-order chi connectivity index (χ1) is 12.6. The molecular weight excluding hydrogens is 332 g/mol. The van der Waals surface area contributed by atoms with Crippen LogP contribution in [-0.2, 0) is 14.1 Å². The summed E-state index contributed by atoms with van der Waals surface area (Å²) in [6.45, 7) is 5.12. The lowest BCUT2D eigenvalue weighted by molar-refractivity contribution is 0.224. The number of aromatic nitrogens is 2. The van der Waals surface area contributed by atoms with Crippen LogP contribution in [0.3, 0.4) is 0 Å². The van der Waals surface area contributed by atoms with Crippen LogP contribution in [0.5, 0.6) is 5.75 Å². The number of para-hydroxylation sites is 1. The van der Waals surface area contributed by atoms with E-state index in [0.717, 1.165) is 49.5 Å². The number of nitrogens with zero attached hydrogens (tertiary/aromatic N) is 4. The van der Waals surface area contributed by atoms with Crippen LogP contribution in [-0.4, -0.2) is 53.4 Å². The first-order valence-corrected chi connectivity index (χ1v) is 8.98. The van der Waals surface area contributed by atoms with Gasteiger partial charge >= 0.3 is 5.69 Å². The average Bonchev–Trinajstić information content (AvgIpc) is 2.68. The van der Waals surface area contributed by atoms with Gasteiger partial charge in [-0.05, 0) is 18.6 Å². The number of benzene rings is 1. The SMILES string of the molecule is Cn1c(N2CCN(CCCOc3ccccc3)CC2)cc(=O)n(C)c1=O. The third kappa shape index (κ3) is 4.16. The second-order valence-electron chi connectivity index (χ2n) is 6.59. The van der Waals surface area contributed by atoms with E-state index in [1.165, 1.54) is 7.05 Å². The molecule has 1 aliphatic rings. The van der Waals surface area contributed by atoms with E-state index >= 15 is 0 Å². The molecule has 7 heteroatoms. The van der Waals surface area contributed by atoms with Gasteiger partial charge in [0.15, 0.2) is 0 Å². The summed E-state index contributed by atoms with van der Waals surface area (Å²) in [6, 6.07) is 11.4. The van der Waals surface area contributed by atoms with Crippen molar-refractivity contribution in [3.05, 3.63) is 57.2 Å². The fourth-order valence-corrected chi connectivity index (χ4v) is 3.22. The van der Waals surface area contributed by atoms with E-state index in [0.29, 0.717) is 12.4 Å². The predicted octanol–water partition coefficient (Wildman–Crippen LogP) is 0.675. The standard InChI is InChI=1S/C19H26N4O3/c1-20-17(15-18(24)21(2)19(20)25)23-12-10-22(11-13-23)9-6-14-26-16-7-4-3-5-8-16/h3-5,7-8,15H,6,9-14H2,1-2H3. The Morgan fingerprint density at radius 1 is 0.962 bits per heavy atom. The fourth-order valence-electron chi connectivity index (χ4n) is 3.22. The van der Waals surface area contributed by atoms with Crippen molar-refractivity contribution in [2.75, 3.05) is 44.2 Å². The molecule has 1 fully saturated rings. The van der Waals surface area contributed by atoms with Crippen LogP contribution >= 0.6 is 0 Å². The zero-order chi connectivity index (χ0) is 18.5. The van der Waals surface area contributed by atoms with Crippen molar-refractivity contribution in [3.63, 3.8) is 0 Å². The molecule has 0 spiro atoms. The molecule has 140 valence electrons. The van der Waals surface area contributed by atoms with Gasteiger partial charge in [0.1, 0.15) is 11.6 Å². The molecule has 1 aliphatic heterocycles. The molecule has 0 unspecified atom stereocenters. The Morgan fingerprint density at radius 3 is 2.35 bits per heavy atom. The van der Waals surface area contributed by atoms with E-state index in [-0.39, 0.29) is 11.2 Å². The lowest BCUT2D eigenvalue weighted by Gasteiger charge is -2.36. The van der Waals surface area contributed by atoms with Crippen LogP contribution in [0, 0.1) is 0 Å². The minimum atomic E-state index is -0.284. The van der Waals surface area contributed by atoms with E-state index in [1.807, 2.05) is 30.3 Å². The molecule has 0 radical (unpaired) electrons. The van der Waals surface area contributed by atoms with Crippen molar-refractivity contribution in [2.45, 2.75) is 6.42 Å². The minimum Gasteiger partial charge on any atom is -0.494 e. The van der Waals surface area contributed by atoms with Gasteiger partial charge in [0.2, 0.25) is 0 Å². The molecule has 1 aromatic carbocycles. The summed E-state index contributed by atoms with van der Waals surface area (Å²) in [7, 11) is 3.22. The van der Waals surface area contributed by atoms with Crippen LogP contribution in [0.1, 0.15) is 6.42 Å². The molecular formula is C19H26N4O3. The Labute approximate surface area is 153 Å². The van der Waals surface area contributed by atoms with Gasteiger partial charge in [-0.3, -0.25) is 18.8 Å². The smallest absolute Gasteiger partial charge is 0.332 e. The summed E-state index contributed by atoms with van der Waals surface area (Å²) >= 11 is 0. The average molecular weight is 358 g/mol. The maximum absolute atomic E-state index is 12.1. The van der Waals surface area contributed by atoms with Crippen molar-refractivity contribution >= 4 is 5.82 Å². The van der Waals surface area contributed by atoms with Gasteiger partial charge < -0.3 is 9.64 Å². The van der Waals surface area contributed by atoms with Gasteiger partial charge in [-0.15, -0.1) is 0 Å². The zero-order valence-corrected chi connectivity index (χ0v) is 15.4. The van der Waals surface area contributed by atoms with Crippen molar-refractivity contribution in [1.29, 1.82) is 0 Å². The van der Waals surface area contributed by atoms with Crippen molar-refractivity contribution < 1.29 is 4.74 Å². The Kier molecular flexibility index (Phi) is 5.78. The quantitative estimate of drug-likeness (QED) is 0.711. The summed E-state index contributed by atoms with van der Waals surface area (Å²) in [5.41, 5.74) is -0.545. The topological polar surface area (TPSA) is 59.7 Å². The van der Waals surface area contributed by atoms with E-state index in [9.17, 15) is 9.59 Å². The molecule has 0 bridgehead atoms. The number of anilines is 1. The van der Waals surface area contributed by atoms with Crippen LogP contribution < -0.4 is 20.9 Å². The number of hydrogen-bond donors (Lipinski definition) is 0. The molecule has 1 saturated heterocycles. The highest BCUT2D eigenvalue weighted by Gasteiger charge is 2.19. The molecule has 1 aromatic heterocycles. The lowest BCUT2D eigenvalue weighted by Crippen LogP contribution is -2.49. The molecule has 0 amide bonds. The largest absolute Gasteiger partial charge is 0.494 e. The Morgan fingerprint density at radius 2 is 1.65 bits per heavy atom. The predicted molar refractivity (Wildman–Crippen MR) is 102 cm³/mol. The number of piperazine rings is 1. The first kappa shape index (κ1) is 18.3. The lowest BCUT2D eigenvalue weighted by atomic mass is 10.3. The highest BCUT2D eigenvalue weighted by Crippen LogP contribution is 2.13. The molecule has 2 aromatic rings. The molecule has 0 saturated carbocycles. The highest BCUT2D eigenvalue weighted by molar-refractivity contribution is 5.38. The van der Waals surface area contributed by atoms with Crippen LogP contribution in [0.15, 0.2) is 46.0 Å². The van der Waals surface area contributed by atoms with E-state index < -0.39 is 0 Å². The summed E-state index contributed by atoms with van der Waals surface area (Å²) < 4.78 is 8.41. The van der Waals surface area contributed by atoms with Gasteiger partial charge in [-0.1, -0.05) is 18.2 Å². The Bertz CT molecular complexity index is 836. The molecule has 2 heterocycles. The molecule has 0 atom stereocenters. The van der Waals surface area contributed by atoms with Gasteiger partial charge in [-0.2, -0.15) is 0 Å². The van der Waals surface area contributed by atoms with Gasteiger partial charge in [0.05, 0.1) is 6.61 Å². The van der Waals surface area contributed by atoms with Crippen molar-refractivity contribution in [1.82, 2.24) is 14.0 Å². The minimum absolute atomic E-state index is 0.261. The second-order valence-corrected chi connectivity index (χ2v) is 6.59. The summed E-state index contributed by atoms with van der Waals surface area (Å²) in [4.78, 5) is 28.5. The van der Waals surface area contributed by atoms with Gasteiger partial charge in [0, 0.05) is 52.9 Å². The van der Waals surface area contributed by atoms with E-state index in [1.54, 1.807) is 17.7 Å². The second kappa shape index (κ2) is 8.23.